The van der Waals surface area contributed by atoms with Crippen LogP contribution < -0.4 is 18.9 Å². The molecule has 0 spiro atoms. The average Bonchev–Trinajstić information content (AvgIpc) is 2.34. The molecule has 0 amide bonds. The zero-order chi connectivity index (χ0) is 12.8. The second-order valence-electron chi connectivity index (χ2n) is 3.78. The van der Waals surface area contributed by atoms with Gasteiger partial charge in [0.15, 0.2) is 11.5 Å². The van der Waals surface area contributed by atoms with Crippen molar-refractivity contribution in [2.45, 2.75) is 6.92 Å². The molecule has 1 radical (unpaired) electrons. The Labute approximate surface area is 102 Å². The highest BCUT2D eigenvalue weighted by molar-refractivity contribution is 5.55. The molecule has 1 aromatic rings. The van der Waals surface area contributed by atoms with Gasteiger partial charge in [-0.2, -0.15) is 0 Å². The Hall–Kier alpha value is -1.58. The molecule has 0 aliphatic heterocycles. The minimum atomic E-state index is 0.217. The number of rotatable bonds is 6. The van der Waals surface area contributed by atoms with Gasteiger partial charge in [-0.1, -0.05) is 6.92 Å². The maximum atomic E-state index is 5.57. The molecule has 0 saturated carbocycles. The fourth-order valence-electron chi connectivity index (χ4n) is 1.38. The zero-order valence-electron chi connectivity index (χ0n) is 10.8. The summed E-state index contributed by atoms with van der Waals surface area (Å²) in [5.41, 5.74) is 0. The van der Waals surface area contributed by atoms with E-state index >= 15 is 0 Å². The average molecular weight is 239 g/mol. The van der Waals surface area contributed by atoms with Crippen molar-refractivity contribution in [3.63, 3.8) is 0 Å². The van der Waals surface area contributed by atoms with E-state index in [4.69, 9.17) is 18.9 Å². The lowest BCUT2D eigenvalue weighted by Crippen LogP contribution is -2.05. The number of methoxy groups -OCH3 is 3. The molecule has 0 bridgehead atoms. The minimum absolute atomic E-state index is 0.217. The van der Waals surface area contributed by atoms with Gasteiger partial charge in [-0.05, 0) is 12.8 Å². The first-order valence-electron chi connectivity index (χ1n) is 5.38. The number of ether oxygens (including phenoxy) is 4. The Kier molecular flexibility index (Phi) is 4.94. The molecule has 0 aromatic heterocycles. The Morgan fingerprint density at radius 1 is 1.06 bits per heavy atom. The van der Waals surface area contributed by atoms with E-state index in [1.165, 1.54) is 0 Å². The van der Waals surface area contributed by atoms with Gasteiger partial charge in [0.1, 0.15) is 5.75 Å². The molecule has 0 fully saturated rings. The highest BCUT2D eigenvalue weighted by atomic mass is 16.5. The monoisotopic (exact) mass is 239 g/mol. The molecular formula is C13H19O4. The van der Waals surface area contributed by atoms with Crippen LogP contribution in [0.5, 0.6) is 23.0 Å². The largest absolute Gasteiger partial charge is 0.493 e. The summed E-state index contributed by atoms with van der Waals surface area (Å²) >= 11 is 0. The maximum absolute atomic E-state index is 5.57. The summed E-state index contributed by atoms with van der Waals surface area (Å²) in [5, 5.41) is 0. The molecule has 1 atom stereocenters. The van der Waals surface area contributed by atoms with Gasteiger partial charge >= 0.3 is 0 Å². The number of hydrogen-bond donors (Lipinski definition) is 0. The van der Waals surface area contributed by atoms with Crippen LogP contribution in [0.4, 0.5) is 0 Å². The van der Waals surface area contributed by atoms with Crippen molar-refractivity contribution in [2.24, 2.45) is 5.92 Å². The van der Waals surface area contributed by atoms with Crippen molar-refractivity contribution in [3.05, 3.63) is 19.1 Å². The summed E-state index contributed by atoms with van der Waals surface area (Å²) < 4.78 is 21.2. The molecule has 1 rings (SSSR count). The van der Waals surface area contributed by atoms with Crippen LogP contribution in [0.15, 0.2) is 12.1 Å². The molecular weight excluding hydrogens is 220 g/mol. The van der Waals surface area contributed by atoms with E-state index in [0.29, 0.717) is 29.6 Å². The first-order valence-corrected chi connectivity index (χ1v) is 5.38. The van der Waals surface area contributed by atoms with Crippen molar-refractivity contribution in [1.82, 2.24) is 0 Å². The lowest BCUT2D eigenvalue weighted by atomic mass is 10.2. The summed E-state index contributed by atoms with van der Waals surface area (Å²) in [7, 11) is 4.72. The van der Waals surface area contributed by atoms with E-state index in [-0.39, 0.29) is 5.92 Å². The predicted molar refractivity (Wildman–Crippen MR) is 66.1 cm³/mol. The summed E-state index contributed by atoms with van der Waals surface area (Å²) in [6.45, 7) is 6.38. The van der Waals surface area contributed by atoms with Crippen LogP contribution in [-0.4, -0.2) is 27.9 Å². The van der Waals surface area contributed by atoms with Crippen LogP contribution in [0.25, 0.3) is 0 Å². The molecule has 0 heterocycles. The third-order valence-electron chi connectivity index (χ3n) is 2.17. The molecule has 0 aliphatic carbocycles. The van der Waals surface area contributed by atoms with Crippen LogP contribution in [0.2, 0.25) is 0 Å². The topological polar surface area (TPSA) is 36.9 Å². The van der Waals surface area contributed by atoms with Crippen LogP contribution in [0.1, 0.15) is 6.92 Å². The van der Waals surface area contributed by atoms with E-state index in [1.807, 2.05) is 6.92 Å². The molecule has 0 saturated heterocycles. The highest BCUT2D eigenvalue weighted by Crippen LogP contribution is 2.40. The second kappa shape index (κ2) is 6.23. The minimum Gasteiger partial charge on any atom is -0.493 e. The fourth-order valence-corrected chi connectivity index (χ4v) is 1.38. The Morgan fingerprint density at radius 2 is 1.59 bits per heavy atom. The van der Waals surface area contributed by atoms with Gasteiger partial charge < -0.3 is 18.9 Å². The molecule has 4 heteroatoms. The summed E-state index contributed by atoms with van der Waals surface area (Å²) in [4.78, 5) is 0. The van der Waals surface area contributed by atoms with Gasteiger partial charge in [-0.15, -0.1) is 0 Å². The SMILES string of the molecule is [CH2]C(C)COc1cc(OC)c(OC)c(OC)c1. The predicted octanol–water partition coefficient (Wildman–Crippen LogP) is 2.56. The van der Waals surface area contributed by atoms with Crippen LogP contribution in [-0.2, 0) is 0 Å². The van der Waals surface area contributed by atoms with Crippen molar-refractivity contribution in [3.8, 4) is 23.0 Å². The number of hydrogen-bond acceptors (Lipinski definition) is 4. The second-order valence-corrected chi connectivity index (χ2v) is 3.78. The Bertz CT molecular complexity index is 335. The van der Waals surface area contributed by atoms with Gasteiger partial charge in [-0.3, -0.25) is 0 Å². The standard InChI is InChI=1S/C13H19O4/c1-9(2)8-17-10-6-11(14-3)13(16-5)12(7-10)15-4/h6-7,9H,1,8H2,2-5H3. The number of benzene rings is 1. The summed E-state index contributed by atoms with van der Waals surface area (Å²) in [6.07, 6.45) is 0. The summed E-state index contributed by atoms with van der Waals surface area (Å²) in [6, 6.07) is 3.54. The molecule has 1 aromatic carbocycles. The molecule has 95 valence electrons. The van der Waals surface area contributed by atoms with E-state index in [1.54, 1.807) is 33.5 Å². The van der Waals surface area contributed by atoms with Gasteiger partial charge in [-0.25, -0.2) is 0 Å². The first-order chi connectivity index (χ1) is 8.12. The van der Waals surface area contributed by atoms with E-state index in [0.717, 1.165) is 0 Å². The molecule has 1 unspecified atom stereocenters. The highest BCUT2D eigenvalue weighted by Gasteiger charge is 2.13. The van der Waals surface area contributed by atoms with E-state index in [2.05, 4.69) is 6.92 Å². The van der Waals surface area contributed by atoms with Crippen LogP contribution >= 0.6 is 0 Å². The van der Waals surface area contributed by atoms with Gasteiger partial charge in [0, 0.05) is 12.1 Å². The fraction of sp³-hybridized carbons (Fsp3) is 0.462. The molecule has 0 aliphatic rings. The van der Waals surface area contributed by atoms with Crippen molar-refractivity contribution >= 4 is 0 Å². The maximum Gasteiger partial charge on any atom is 0.203 e. The normalized spacial score (nSPS) is 10.2. The zero-order valence-corrected chi connectivity index (χ0v) is 10.8. The molecule has 4 nitrogen and oxygen atoms in total. The Morgan fingerprint density at radius 3 is 1.94 bits per heavy atom. The lowest BCUT2D eigenvalue weighted by Gasteiger charge is -2.15. The quantitative estimate of drug-likeness (QED) is 0.764. The van der Waals surface area contributed by atoms with Crippen LogP contribution in [0.3, 0.4) is 0 Å². The van der Waals surface area contributed by atoms with Gasteiger partial charge in [0.2, 0.25) is 5.75 Å². The smallest absolute Gasteiger partial charge is 0.203 e. The molecule has 17 heavy (non-hydrogen) atoms. The third kappa shape index (κ3) is 3.44. The Balaban J connectivity index is 3.00. The van der Waals surface area contributed by atoms with Crippen molar-refractivity contribution in [2.75, 3.05) is 27.9 Å². The van der Waals surface area contributed by atoms with Crippen LogP contribution in [0, 0.1) is 12.8 Å². The van der Waals surface area contributed by atoms with Gasteiger partial charge in [0.25, 0.3) is 0 Å². The van der Waals surface area contributed by atoms with Gasteiger partial charge in [0.05, 0.1) is 27.9 Å². The third-order valence-corrected chi connectivity index (χ3v) is 2.17. The summed E-state index contributed by atoms with van der Waals surface area (Å²) in [5.74, 6) is 2.62. The van der Waals surface area contributed by atoms with Crippen molar-refractivity contribution < 1.29 is 18.9 Å². The van der Waals surface area contributed by atoms with E-state index < -0.39 is 0 Å². The molecule has 0 N–H and O–H groups in total. The first kappa shape index (κ1) is 13.5. The lowest BCUT2D eigenvalue weighted by molar-refractivity contribution is 0.275. The van der Waals surface area contributed by atoms with E-state index in [9.17, 15) is 0 Å². The van der Waals surface area contributed by atoms with Crippen molar-refractivity contribution in [1.29, 1.82) is 0 Å².